The number of esters is 2. The second kappa shape index (κ2) is 11.3. The van der Waals surface area contributed by atoms with Crippen molar-refractivity contribution in [1.29, 1.82) is 10.5 Å². The van der Waals surface area contributed by atoms with Gasteiger partial charge in [-0.15, -0.1) is 0 Å². The molecule has 0 aliphatic carbocycles. The molecule has 0 aliphatic heterocycles. The summed E-state index contributed by atoms with van der Waals surface area (Å²) in [4.78, 5) is 26.2. The first-order valence-corrected chi connectivity index (χ1v) is 11.1. The van der Waals surface area contributed by atoms with Crippen molar-refractivity contribution in [3.8, 4) is 12.1 Å². The van der Waals surface area contributed by atoms with Crippen LogP contribution in [0.3, 0.4) is 0 Å². The quantitative estimate of drug-likeness (QED) is 0.309. The molecule has 0 unspecified atom stereocenters. The standard InChI is InChI=1S/C30H20N2O4/c31-19-21-11-15-25(16-12-21)29(33)35-27(23-7-3-1-4-8-23)28(24-9-5-2-6-10-24)36-30(34)26-17-13-22(20-32)14-18-26/h1-18,27-28H/t27-,28+. The van der Waals surface area contributed by atoms with Gasteiger partial charge in [0, 0.05) is 0 Å². The van der Waals surface area contributed by atoms with Crippen LogP contribution < -0.4 is 0 Å². The third-order valence-electron chi connectivity index (χ3n) is 5.50. The van der Waals surface area contributed by atoms with Crippen LogP contribution in [0.4, 0.5) is 0 Å². The highest BCUT2D eigenvalue weighted by atomic mass is 16.6. The first-order valence-electron chi connectivity index (χ1n) is 11.1. The smallest absolute Gasteiger partial charge is 0.338 e. The van der Waals surface area contributed by atoms with Crippen LogP contribution in [0.25, 0.3) is 0 Å². The molecule has 0 N–H and O–H groups in total. The fourth-order valence-corrected chi connectivity index (χ4v) is 3.62. The van der Waals surface area contributed by atoms with Crippen LogP contribution in [0, 0.1) is 22.7 Å². The normalized spacial score (nSPS) is 11.8. The van der Waals surface area contributed by atoms with Crippen molar-refractivity contribution in [1.82, 2.24) is 0 Å². The van der Waals surface area contributed by atoms with E-state index in [0.717, 1.165) is 0 Å². The monoisotopic (exact) mass is 472 g/mol. The van der Waals surface area contributed by atoms with E-state index in [2.05, 4.69) is 0 Å². The van der Waals surface area contributed by atoms with Crippen LogP contribution in [-0.2, 0) is 9.47 Å². The van der Waals surface area contributed by atoms with E-state index in [-0.39, 0.29) is 11.1 Å². The summed E-state index contributed by atoms with van der Waals surface area (Å²) in [6.07, 6.45) is -1.92. The average Bonchev–Trinajstić information content (AvgIpc) is 2.95. The molecule has 0 bridgehead atoms. The van der Waals surface area contributed by atoms with E-state index in [9.17, 15) is 9.59 Å². The van der Waals surface area contributed by atoms with Crippen LogP contribution in [0.1, 0.15) is 55.2 Å². The van der Waals surface area contributed by atoms with Crippen molar-refractivity contribution in [3.05, 3.63) is 143 Å². The second-order valence-electron chi connectivity index (χ2n) is 7.85. The number of nitriles is 2. The van der Waals surface area contributed by atoms with E-state index < -0.39 is 24.1 Å². The third-order valence-corrected chi connectivity index (χ3v) is 5.50. The van der Waals surface area contributed by atoms with Gasteiger partial charge < -0.3 is 9.47 Å². The molecular formula is C30H20N2O4. The van der Waals surface area contributed by atoms with Crippen LogP contribution in [-0.4, -0.2) is 11.9 Å². The molecular weight excluding hydrogens is 452 g/mol. The lowest BCUT2D eigenvalue weighted by molar-refractivity contribution is -0.0388. The molecule has 0 fully saturated rings. The largest absolute Gasteiger partial charge is 0.450 e. The lowest BCUT2D eigenvalue weighted by Crippen LogP contribution is -2.23. The summed E-state index contributed by atoms with van der Waals surface area (Å²) in [5, 5.41) is 18.1. The molecule has 174 valence electrons. The minimum atomic E-state index is -0.959. The highest BCUT2D eigenvalue weighted by Crippen LogP contribution is 2.36. The van der Waals surface area contributed by atoms with Gasteiger partial charge in [0.1, 0.15) is 0 Å². The number of carbonyl (C=O) groups is 2. The van der Waals surface area contributed by atoms with Gasteiger partial charge in [-0.2, -0.15) is 10.5 Å². The Labute approximate surface area is 208 Å². The lowest BCUT2D eigenvalue weighted by Gasteiger charge is -2.28. The summed E-state index contributed by atoms with van der Waals surface area (Å²) in [6, 6.07) is 34.3. The summed E-state index contributed by atoms with van der Waals surface area (Å²) in [5.74, 6) is -1.24. The fraction of sp³-hybridized carbons (Fsp3) is 0.0667. The number of hydrogen-bond donors (Lipinski definition) is 0. The number of rotatable bonds is 7. The van der Waals surface area contributed by atoms with Gasteiger partial charge in [0.25, 0.3) is 0 Å². The molecule has 0 aromatic heterocycles. The Bertz CT molecular complexity index is 1310. The Morgan fingerprint density at radius 1 is 0.528 bits per heavy atom. The molecule has 0 saturated heterocycles. The number of nitrogens with zero attached hydrogens (tertiary/aromatic N) is 2. The summed E-state index contributed by atoms with van der Waals surface area (Å²) in [6.45, 7) is 0. The summed E-state index contributed by atoms with van der Waals surface area (Å²) in [7, 11) is 0. The summed E-state index contributed by atoms with van der Waals surface area (Å²) in [5.41, 5.74) is 2.65. The zero-order valence-electron chi connectivity index (χ0n) is 19.1. The van der Waals surface area contributed by atoms with E-state index in [1.165, 1.54) is 48.5 Å². The zero-order valence-corrected chi connectivity index (χ0v) is 19.1. The molecule has 0 saturated carbocycles. The van der Waals surface area contributed by atoms with Gasteiger partial charge in [-0.1, -0.05) is 60.7 Å². The highest BCUT2D eigenvalue weighted by Gasteiger charge is 2.32. The van der Waals surface area contributed by atoms with Crippen molar-refractivity contribution in [2.75, 3.05) is 0 Å². The lowest BCUT2D eigenvalue weighted by atomic mass is 9.97. The van der Waals surface area contributed by atoms with Crippen molar-refractivity contribution in [2.45, 2.75) is 12.2 Å². The van der Waals surface area contributed by atoms with Crippen LogP contribution >= 0.6 is 0 Å². The number of ether oxygens (including phenoxy) is 2. The van der Waals surface area contributed by atoms with Crippen LogP contribution in [0.5, 0.6) is 0 Å². The number of carbonyl (C=O) groups excluding carboxylic acids is 2. The molecule has 0 aliphatic rings. The topological polar surface area (TPSA) is 100 Å². The zero-order chi connectivity index (χ0) is 25.3. The van der Waals surface area contributed by atoms with Gasteiger partial charge >= 0.3 is 11.9 Å². The molecule has 2 atom stereocenters. The molecule has 0 heterocycles. The minimum Gasteiger partial charge on any atom is -0.450 e. The second-order valence-corrected chi connectivity index (χ2v) is 7.85. The molecule has 0 amide bonds. The Balaban J connectivity index is 1.70. The Hall–Kier alpha value is -5.20. The molecule has 6 nitrogen and oxygen atoms in total. The summed E-state index contributed by atoms with van der Waals surface area (Å²) >= 11 is 0. The van der Waals surface area contributed by atoms with Gasteiger partial charge in [-0.25, -0.2) is 9.59 Å². The van der Waals surface area contributed by atoms with Gasteiger partial charge in [-0.3, -0.25) is 0 Å². The van der Waals surface area contributed by atoms with Crippen molar-refractivity contribution in [2.24, 2.45) is 0 Å². The van der Waals surface area contributed by atoms with Gasteiger partial charge in [0.2, 0.25) is 0 Å². The van der Waals surface area contributed by atoms with Gasteiger partial charge in [0.05, 0.1) is 34.4 Å². The average molecular weight is 473 g/mol. The van der Waals surface area contributed by atoms with Crippen LogP contribution in [0.2, 0.25) is 0 Å². The van der Waals surface area contributed by atoms with E-state index in [1.54, 1.807) is 24.3 Å². The van der Waals surface area contributed by atoms with E-state index in [1.807, 2.05) is 48.5 Å². The maximum Gasteiger partial charge on any atom is 0.338 e. The summed E-state index contributed by atoms with van der Waals surface area (Å²) < 4.78 is 11.9. The van der Waals surface area contributed by atoms with Crippen molar-refractivity contribution < 1.29 is 19.1 Å². The predicted molar refractivity (Wildman–Crippen MR) is 132 cm³/mol. The van der Waals surface area contributed by atoms with Gasteiger partial charge in [0.15, 0.2) is 12.2 Å². The fourth-order valence-electron chi connectivity index (χ4n) is 3.62. The predicted octanol–water partition coefficient (Wildman–Crippen LogP) is 5.93. The Kier molecular flexibility index (Phi) is 7.51. The first-order chi connectivity index (χ1) is 17.6. The number of benzene rings is 4. The maximum absolute atomic E-state index is 13.1. The molecule has 6 heteroatoms. The molecule has 0 spiro atoms. The SMILES string of the molecule is N#Cc1ccc(C(=O)O[C@H](c2ccccc2)[C@@H](OC(=O)c2ccc(C#N)cc2)c2ccccc2)cc1. The molecule has 4 aromatic carbocycles. The molecule has 4 aromatic rings. The molecule has 4 rings (SSSR count). The van der Waals surface area contributed by atoms with Crippen LogP contribution in [0.15, 0.2) is 109 Å². The van der Waals surface area contributed by atoms with Crippen molar-refractivity contribution >= 4 is 11.9 Å². The molecule has 0 radical (unpaired) electrons. The Morgan fingerprint density at radius 2 is 0.861 bits per heavy atom. The first kappa shape index (κ1) is 23.9. The van der Waals surface area contributed by atoms with Gasteiger partial charge in [-0.05, 0) is 59.7 Å². The molecule has 36 heavy (non-hydrogen) atoms. The maximum atomic E-state index is 13.1. The Morgan fingerprint density at radius 3 is 1.17 bits per heavy atom. The number of hydrogen-bond acceptors (Lipinski definition) is 6. The third kappa shape index (κ3) is 5.64. The van der Waals surface area contributed by atoms with E-state index >= 15 is 0 Å². The van der Waals surface area contributed by atoms with E-state index in [0.29, 0.717) is 22.3 Å². The minimum absolute atomic E-state index is 0.264. The van der Waals surface area contributed by atoms with Crippen molar-refractivity contribution in [3.63, 3.8) is 0 Å². The highest BCUT2D eigenvalue weighted by molar-refractivity contribution is 5.90. The van der Waals surface area contributed by atoms with E-state index in [4.69, 9.17) is 20.0 Å².